The van der Waals surface area contributed by atoms with E-state index in [-0.39, 0.29) is 0 Å². The van der Waals surface area contributed by atoms with E-state index >= 15 is 0 Å². The molecule has 4 aliphatic rings. The molecule has 0 saturated heterocycles. The molecule has 4 heterocycles. The fourth-order valence-corrected chi connectivity index (χ4v) is 24.6. The van der Waals surface area contributed by atoms with Crippen LogP contribution in [0.25, 0.3) is 152 Å². The van der Waals surface area contributed by atoms with Gasteiger partial charge in [-0.2, -0.15) is 0 Å². The summed E-state index contributed by atoms with van der Waals surface area (Å²) in [5.74, 6) is 0. The Morgan fingerprint density at radius 1 is 0.190 bits per heavy atom. The Balaban J connectivity index is 0.000000135. The Morgan fingerprint density at radius 2 is 0.492 bits per heavy atom. The third-order valence-corrected chi connectivity index (χ3v) is 29.6. The van der Waals surface area contributed by atoms with E-state index in [9.17, 15) is 0 Å². The Kier molecular flexibility index (Phi) is 16.2. The second kappa shape index (κ2) is 28.4. The highest BCUT2D eigenvalue weighted by atomic mass is 32.1. The highest BCUT2D eigenvalue weighted by Gasteiger charge is 2.56. The number of hydrogen-bond donors (Lipinski definition) is 0. The predicted octanol–water partition coefficient (Wildman–Crippen LogP) is 32.6. The SMILES string of the molecule is c1ccc(N(c2ccccc2)c2ccc(-c3ccc4c(c3)-c3sc5ccccc5c3C43c4ccccc4-c4cc(-c5ccc(-n6c7ccccc7c7ccccc76)cc5)ccc43)cc2)cc1.c1ccc(N(c2ccccc2)c2cccc3c2C2(c4ccccc4-3)c3ccc(-c4ccc(-n5c6ccccc6c6ccccc65)cc4)cc3-c3sc4ccccc4c32)cc1. The van der Waals surface area contributed by atoms with E-state index in [2.05, 4.69) is 480 Å². The predicted molar refractivity (Wildman–Crippen MR) is 531 cm³/mol. The maximum atomic E-state index is 2.48. The van der Waals surface area contributed by atoms with E-state index in [0.717, 1.165) is 39.8 Å². The lowest BCUT2D eigenvalue weighted by Gasteiger charge is -2.35. The molecular formula is C120H76N4S2. The molecule has 4 nitrogen and oxygen atoms in total. The highest BCUT2D eigenvalue weighted by molar-refractivity contribution is 7.23. The summed E-state index contributed by atoms with van der Waals surface area (Å²) in [6.07, 6.45) is 0. The van der Waals surface area contributed by atoms with Crippen LogP contribution in [0.4, 0.5) is 34.1 Å². The van der Waals surface area contributed by atoms with Gasteiger partial charge in [-0.05, 0) is 262 Å². The molecule has 23 aromatic rings. The van der Waals surface area contributed by atoms with E-state index in [1.54, 1.807) is 0 Å². The Labute approximate surface area is 738 Å². The number of aromatic nitrogens is 2. The molecule has 27 rings (SSSR count). The zero-order valence-corrected chi connectivity index (χ0v) is 70.1. The van der Waals surface area contributed by atoms with Crippen molar-refractivity contribution in [2.75, 3.05) is 9.80 Å². The van der Waals surface area contributed by atoms with E-state index in [0.29, 0.717) is 0 Å². The van der Waals surface area contributed by atoms with Gasteiger partial charge in [0.1, 0.15) is 0 Å². The van der Waals surface area contributed by atoms with Gasteiger partial charge in [0.2, 0.25) is 0 Å². The summed E-state index contributed by atoms with van der Waals surface area (Å²) in [6.45, 7) is 0. The van der Waals surface area contributed by atoms with Gasteiger partial charge in [0, 0.05) is 86.1 Å². The molecule has 6 heteroatoms. The van der Waals surface area contributed by atoms with Crippen molar-refractivity contribution < 1.29 is 0 Å². The first kappa shape index (κ1) is 72.0. The van der Waals surface area contributed by atoms with Crippen LogP contribution in [0.15, 0.2) is 461 Å². The van der Waals surface area contributed by atoms with Gasteiger partial charge in [-0.3, -0.25) is 0 Å². The minimum absolute atomic E-state index is 0.441. The van der Waals surface area contributed by atoms with Gasteiger partial charge in [0.25, 0.3) is 0 Å². The smallest absolute Gasteiger partial charge is 0.0760 e. The van der Waals surface area contributed by atoms with E-state index < -0.39 is 10.8 Å². The summed E-state index contributed by atoms with van der Waals surface area (Å²) >= 11 is 3.87. The molecule has 0 N–H and O–H groups in total. The van der Waals surface area contributed by atoms with E-state index in [1.165, 1.54) is 190 Å². The zero-order valence-electron chi connectivity index (χ0n) is 68.5. The van der Waals surface area contributed by atoms with Gasteiger partial charge in [-0.15, -0.1) is 22.7 Å². The van der Waals surface area contributed by atoms with Crippen LogP contribution in [0.5, 0.6) is 0 Å². The zero-order chi connectivity index (χ0) is 82.7. The monoisotopic (exact) mass is 1640 g/mol. The second-order valence-electron chi connectivity index (χ2n) is 33.6. The van der Waals surface area contributed by atoms with Gasteiger partial charge in [0.15, 0.2) is 0 Å². The molecule has 588 valence electrons. The first-order chi connectivity index (χ1) is 62.5. The Morgan fingerprint density at radius 3 is 0.937 bits per heavy atom. The summed E-state index contributed by atoms with van der Waals surface area (Å²) in [5.41, 5.74) is 39.2. The standard InChI is InChI=1S/C63H40N2S.C57H36N2S/c1-3-15-45(16-4-1)64(46-17-5-2-6-18-46)47-33-27-42(28-34-47)44-32-38-57-54(40-44)62-61(52-22-10-14-26-60(52)66-62)63(57)55-23-11-7-19-49(55)53-39-43(31-37-56(53)63)41-29-35-48(36-30-41)65-58-24-12-8-20-50(58)51-21-9-13-25-59(51)65;1-3-16-39(17-4-1)58(40-18-5-2-6-19-40)52-28-15-24-45-42-20-7-11-25-48(42)57(54(45)52)49-35-32-38(36-47(49)56-55(57)46-23-10-14-29-53(46)60-56)37-30-33-41(34-31-37)59-50-26-12-8-21-43(50)44-22-9-13-27-51(44)59/h1-40H;1-36H. The van der Waals surface area contributed by atoms with Crippen LogP contribution < -0.4 is 9.80 Å². The average molecular weight is 1640 g/mol. The molecule has 0 radical (unpaired) electrons. The normalized spacial score (nSPS) is 14.6. The molecule has 0 bridgehead atoms. The molecule has 126 heavy (non-hydrogen) atoms. The quantitative estimate of drug-likeness (QED) is 0.128. The Bertz CT molecular complexity index is 8140. The molecule has 4 aliphatic carbocycles. The van der Waals surface area contributed by atoms with Crippen LogP contribution in [-0.4, -0.2) is 9.13 Å². The molecule has 0 aliphatic heterocycles. The number of hydrogen-bond acceptors (Lipinski definition) is 4. The van der Waals surface area contributed by atoms with Gasteiger partial charge in [0.05, 0.1) is 38.6 Å². The van der Waals surface area contributed by atoms with Crippen molar-refractivity contribution in [2.45, 2.75) is 10.8 Å². The summed E-state index contributed by atoms with van der Waals surface area (Å²) < 4.78 is 7.43. The summed E-state index contributed by atoms with van der Waals surface area (Å²) in [6, 6.07) is 170. The number of benzene rings is 19. The van der Waals surface area contributed by atoms with Crippen molar-refractivity contribution in [3.8, 4) is 87.9 Å². The maximum Gasteiger partial charge on any atom is 0.0760 e. The third-order valence-electron chi connectivity index (χ3n) is 27.2. The van der Waals surface area contributed by atoms with Crippen molar-refractivity contribution in [3.63, 3.8) is 0 Å². The van der Waals surface area contributed by atoms with E-state index in [1.807, 2.05) is 22.7 Å². The van der Waals surface area contributed by atoms with E-state index in [4.69, 9.17) is 0 Å². The number of rotatable bonds is 11. The minimum atomic E-state index is -0.534. The van der Waals surface area contributed by atoms with Crippen LogP contribution in [0, 0.1) is 0 Å². The minimum Gasteiger partial charge on any atom is -0.311 e. The number of thiophene rings is 2. The van der Waals surface area contributed by atoms with Crippen molar-refractivity contribution in [1.82, 2.24) is 9.13 Å². The number of anilines is 6. The van der Waals surface area contributed by atoms with Gasteiger partial charge < -0.3 is 18.9 Å². The van der Waals surface area contributed by atoms with Crippen molar-refractivity contribution in [1.29, 1.82) is 0 Å². The van der Waals surface area contributed by atoms with Gasteiger partial charge in [-0.25, -0.2) is 0 Å². The first-order valence-corrected chi connectivity index (χ1v) is 45.1. The number of para-hydroxylation sites is 8. The number of fused-ring (bicyclic) bond motifs is 30. The lowest BCUT2D eigenvalue weighted by molar-refractivity contribution is 0.802. The number of nitrogens with zero attached hydrogens (tertiary/aromatic N) is 4. The largest absolute Gasteiger partial charge is 0.311 e. The van der Waals surface area contributed by atoms with Crippen LogP contribution in [0.2, 0.25) is 0 Å². The third kappa shape index (κ3) is 10.6. The van der Waals surface area contributed by atoms with Crippen LogP contribution in [-0.2, 0) is 10.8 Å². The fourth-order valence-electron chi connectivity index (χ4n) is 22.0. The fraction of sp³-hybridized carbons (Fsp3) is 0.0167. The molecule has 19 aromatic carbocycles. The van der Waals surface area contributed by atoms with Crippen LogP contribution in [0.1, 0.15) is 44.5 Å². The summed E-state index contributed by atoms with van der Waals surface area (Å²) in [7, 11) is 0. The topological polar surface area (TPSA) is 16.3 Å². The molecule has 4 aromatic heterocycles. The summed E-state index contributed by atoms with van der Waals surface area (Å²) in [4.78, 5) is 7.52. The molecule has 0 saturated carbocycles. The van der Waals surface area contributed by atoms with Crippen molar-refractivity contribution in [2.24, 2.45) is 0 Å². The average Bonchev–Trinajstić information content (AvgIpc) is 1.50. The molecule has 2 atom stereocenters. The Hall–Kier alpha value is -15.7. The molecule has 2 unspecified atom stereocenters. The first-order valence-electron chi connectivity index (χ1n) is 43.4. The maximum absolute atomic E-state index is 2.48. The van der Waals surface area contributed by atoms with Gasteiger partial charge >= 0.3 is 0 Å². The lowest BCUT2D eigenvalue weighted by atomic mass is 9.69. The summed E-state index contributed by atoms with van der Waals surface area (Å²) in [5, 5.41) is 7.77. The van der Waals surface area contributed by atoms with Crippen molar-refractivity contribution >= 4 is 121 Å². The highest BCUT2D eigenvalue weighted by Crippen LogP contribution is 2.70. The van der Waals surface area contributed by atoms with Gasteiger partial charge in [-0.1, -0.05) is 315 Å². The lowest BCUT2D eigenvalue weighted by Crippen LogP contribution is -2.28. The molecular weight excluding hydrogens is 1560 g/mol. The van der Waals surface area contributed by atoms with Crippen LogP contribution in [0.3, 0.4) is 0 Å². The molecule has 2 spiro atoms. The molecule has 0 fully saturated rings. The van der Waals surface area contributed by atoms with Crippen molar-refractivity contribution in [3.05, 3.63) is 506 Å². The molecule has 0 amide bonds. The van der Waals surface area contributed by atoms with Crippen LogP contribution >= 0.6 is 22.7 Å². The second-order valence-corrected chi connectivity index (χ2v) is 35.7.